The zero-order chi connectivity index (χ0) is 14.9. The minimum Gasteiger partial charge on any atom is -0.396 e. The lowest BCUT2D eigenvalue weighted by Gasteiger charge is -2.12. The van der Waals surface area contributed by atoms with E-state index in [-0.39, 0.29) is 16.3 Å². The van der Waals surface area contributed by atoms with Crippen LogP contribution in [0.25, 0.3) is 0 Å². The highest BCUT2D eigenvalue weighted by atomic mass is 32.2. The predicted molar refractivity (Wildman–Crippen MR) is 73.6 cm³/mol. The number of nitrogens with two attached hydrogens (primary N) is 1. The molecular weight excluding hydrogens is 286 g/mol. The fraction of sp³-hybridized carbons (Fsp3) is 0.0769. The molecule has 4 nitrogen and oxygen atoms in total. The van der Waals surface area contributed by atoms with Crippen LogP contribution in [0.2, 0.25) is 0 Å². The Morgan fingerprint density at radius 2 is 1.80 bits per heavy atom. The van der Waals surface area contributed by atoms with Gasteiger partial charge in [0.05, 0.1) is 16.3 Å². The van der Waals surface area contributed by atoms with Crippen molar-refractivity contribution in [3.05, 3.63) is 48.0 Å². The third-order valence-corrected chi connectivity index (χ3v) is 3.82. The first-order valence-corrected chi connectivity index (χ1v) is 7.49. The summed E-state index contributed by atoms with van der Waals surface area (Å²) in [6, 6.07) is 7.68. The average Bonchev–Trinajstić information content (AvgIpc) is 2.35. The molecule has 2 rings (SSSR count). The molecule has 7 heteroatoms. The van der Waals surface area contributed by atoms with Gasteiger partial charge in [0.2, 0.25) is 0 Å². The number of rotatable bonds is 3. The number of para-hydroxylation sites is 1. The summed E-state index contributed by atoms with van der Waals surface area (Å²) in [7, 11) is -3.46. The molecule has 2 aromatic carbocycles. The average molecular weight is 298 g/mol. The number of benzene rings is 2. The van der Waals surface area contributed by atoms with Gasteiger partial charge >= 0.3 is 0 Å². The van der Waals surface area contributed by atoms with Gasteiger partial charge in [-0.25, -0.2) is 17.2 Å². The van der Waals surface area contributed by atoms with E-state index < -0.39 is 21.5 Å². The van der Waals surface area contributed by atoms with Gasteiger partial charge in [0.1, 0.15) is 0 Å². The molecule has 106 valence electrons. The number of anilines is 3. The van der Waals surface area contributed by atoms with Crippen LogP contribution >= 0.6 is 0 Å². The van der Waals surface area contributed by atoms with Crippen molar-refractivity contribution in [2.75, 3.05) is 17.3 Å². The molecule has 0 aliphatic rings. The van der Waals surface area contributed by atoms with E-state index in [1.807, 2.05) is 0 Å². The Hall–Kier alpha value is -2.15. The SMILES string of the molecule is CS(=O)(=O)c1cccc(Nc2ccc(F)c(F)c2)c1N. The molecule has 0 bridgehead atoms. The largest absolute Gasteiger partial charge is 0.396 e. The van der Waals surface area contributed by atoms with Crippen molar-refractivity contribution < 1.29 is 17.2 Å². The molecule has 0 heterocycles. The standard InChI is InChI=1S/C13H12F2N2O2S/c1-20(18,19)12-4-2-3-11(13(12)16)17-8-5-6-9(14)10(15)7-8/h2-7,17H,16H2,1H3. The lowest BCUT2D eigenvalue weighted by molar-refractivity contribution is 0.509. The second-order valence-electron chi connectivity index (χ2n) is 4.24. The van der Waals surface area contributed by atoms with E-state index in [1.54, 1.807) is 6.07 Å². The Morgan fingerprint density at radius 1 is 1.10 bits per heavy atom. The first-order chi connectivity index (χ1) is 9.29. The van der Waals surface area contributed by atoms with E-state index >= 15 is 0 Å². The monoisotopic (exact) mass is 298 g/mol. The smallest absolute Gasteiger partial charge is 0.177 e. The molecule has 0 aromatic heterocycles. The van der Waals surface area contributed by atoms with Crippen LogP contribution in [-0.4, -0.2) is 14.7 Å². The molecule has 0 fully saturated rings. The first kappa shape index (κ1) is 14.3. The van der Waals surface area contributed by atoms with Gasteiger partial charge in [-0.15, -0.1) is 0 Å². The van der Waals surface area contributed by atoms with Gasteiger partial charge in [-0.1, -0.05) is 6.07 Å². The number of nitrogen functional groups attached to an aromatic ring is 1. The van der Waals surface area contributed by atoms with Gasteiger partial charge in [-0.2, -0.15) is 0 Å². The number of halogens is 2. The molecular formula is C13H12F2N2O2S. The summed E-state index contributed by atoms with van der Waals surface area (Å²) in [5.41, 5.74) is 6.37. The maximum Gasteiger partial charge on any atom is 0.177 e. The minimum atomic E-state index is -3.46. The number of nitrogens with one attached hydrogen (secondary N) is 1. The van der Waals surface area contributed by atoms with Crippen LogP contribution in [0.15, 0.2) is 41.3 Å². The Balaban J connectivity index is 2.42. The van der Waals surface area contributed by atoms with Crippen molar-refractivity contribution >= 4 is 26.9 Å². The van der Waals surface area contributed by atoms with Crippen LogP contribution in [0.5, 0.6) is 0 Å². The number of hydrogen-bond donors (Lipinski definition) is 2. The Morgan fingerprint density at radius 3 is 2.40 bits per heavy atom. The molecule has 0 aliphatic carbocycles. The summed E-state index contributed by atoms with van der Waals surface area (Å²) in [6.07, 6.45) is 1.04. The van der Waals surface area contributed by atoms with Crippen LogP contribution in [0.4, 0.5) is 25.8 Å². The molecule has 0 aliphatic heterocycles. The molecule has 20 heavy (non-hydrogen) atoms. The van der Waals surface area contributed by atoms with E-state index in [9.17, 15) is 17.2 Å². The Bertz CT molecular complexity index is 761. The molecule has 0 unspecified atom stereocenters. The predicted octanol–water partition coefficient (Wildman–Crippen LogP) is 2.69. The number of hydrogen-bond acceptors (Lipinski definition) is 4. The molecule has 0 radical (unpaired) electrons. The van der Waals surface area contributed by atoms with Crippen molar-refractivity contribution in [1.82, 2.24) is 0 Å². The molecule has 0 atom stereocenters. The van der Waals surface area contributed by atoms with Gasteiger partial charge in [0, 0.05) is 18.0 Å². The third kappa shape index (κ3) is 2.88. The summed E-state index contributed by atoms with van der Waals surface area (Å²) in [5.74, 6) is -1.97. The molecule has 0 amide bonds. The Kier molecular flexibility index (Phi) is 3.63. The first-order valence-electron chi connectivity index (χ1n) is 5.59. The Labute approximate surface area is 115 Å². The van der Waals surface area contributed by atoms with E-state index in [1.165, 1.54) is 18.2 Å². The van der Waals surface area contributed by atoms with Gasteiger partial charge in [-0.05, 0) is 24.3 Å². The lowest BCUT2D eigenvalue weighted by Crippen LogP contribution is -2.05. The van der Waals surface area contributed by atoms with Crippen molar-refractivity contribution in [1.29, 1.82) is 0 Å². The molecule has 3 N–H and O–H groups in total. The molecule has 0 spiro atoms. The van der Waals surface area contributed by atoms with Crippen molar-refractivity contribution in [3.8, 4) is 0 Å². The van der Waals surface area contributed by atoms with Crippen LogP contribution < -0.4 is 11.1 Å². The van der Waals surface area contributed by atoms with E-state index in [0.717, 1.165) is 18.4 Å². The highest BCUT2D eigenvalue weighted by Crippen LogP contribution is 2.29. The van der Waals surface area contributed by atoms with Gasteiger partial charge in [-0.3, -0.25) is 0 Å². The summed E-state index contributed by atoms with van der Waals surface area (Å²) < 4.78 is 49.0. The summed E-state index contributed by atoms with van der Waals surface area (Å²) in [4.78, 5) is -0.0231. The maximum atomic E-state index is 13.1. The summed E-state index contributed by atoms with van der Waals surface area (Å²) in [5, 5.41) is 2.76. The number of sulfone groups is 1. The molecule has 2 aromatic rings. The van der Waals surface area contributed by atoms with Crippen molar-refractivity contribution in [3.63, 3.8) is 0 Å². The van der Waals surface area contributed by atoms with Crippen molar-refractivity contribution in [2.45, 2.75) is 4.90 Å². The van der Waals surface area contributed by atoms with Gasteiger partial charge in [0.25, 0.3) is 0 Å². The third-order valence-electron chi connectivity index (χ3n) is 2.66. The highest BCUT2D eigenvalue weighted by molar-refractivity contribution is 7.90. The quantitative estimate of drug-likeness (QED) is 0.855. The minimum absolute atomic E-state index is 0.0231. The van der Waals surface area contributed by atoms with Crippen LogP contribution in [0, 0.1) is 11.6 Å². The second kappa shape index (κ2) is 5.09. The fourth-order valence-corrected chi connectivity index (χ4v) is 2.54. The zero-order valence-corrected chi connectivity index (χ0v) is 11.3. The summed E-state index contributed by atoms with van der Waals surface area (Å²) in [6.45, 7) is 0. The summed E-state index contributed by atoms with van der Waals surface area (Å²) >= 11 is 0. The highest BCUT2D eigenvalue weighted by Gasteiger charge is 2.14. The van der Waals surface area contributed by atoms with Gasteiger partial charge < -0.3 is 11.1 Å². The van der Waals surface area contributed by atoms with E-state index in [2.05, 4.69) is 5.32 Å². The molecule has 0 saturated carbocycles. The maximum absolute atomic E-state index is 13.1. The van der Waals surface area contributed by atoms with Crippen LogP contribution in [0.3, 0.4) is 0 Å². The van der Waals surface area contributed by atoms with E-state index in [0.29, 0.717) is 5.69 Å². The normalized spacial score (nSPS) is 11.3. The van der Waals surface area contributed by atoms with Crippen molar-refractivity contribution in [2.24, 2.45) is 0 Å². The zero-order valence-electron chi connectivity index (χ0n) is 10.5. The van der Waals surface area contributed by atoms with Crippen LogP contribution in [-0.2, 0) is 9.84 Å². The topological polar surface area (TPSA) is 72.2 Å². The van der Waals surface area contributed by atoms with Gasteiger partial charge in [0.15, 0.2) is 21.5 Å². The lowest BCUT2D eigenvalue weighted by atomic mass is 10.2. The fourth-order valence-electron chi connectivity index (χ4n) is 1.71. The van der Waals surface area contributed by atoms with E-state index in [4.69, 9.17) is 5.73 Å². The second-order valence-corrected chi connectivity index (χ2v) is 6.23. The molecule has 0 saturated heterocycles. The van der Waals surface area contributed by atoms with Crippen LogP contribution in [0.1, 0.15) is 0 Å².